The van der Waals surface area contributed by atoms with E-state index in [1.54, 1.807) is 0 Å². The predicted molar refractivity (Wildman–Crippen MR) is 76.1 cm³/mol. The van der Waals surface area contributed by atoms with E-state index in [1.807, 2.05) is 12.1 Å². The first-order chi connectivity index (χ1) is 9.03. The fraction of sp³-hybridized carbons (Fsp3) is 0.733. The van der Waals surface area contributed by atoms with Crippen molar-refractivity contribution in [2.24, 2.45) is 5.92 Å². The van der Waals surface area contributed by atoms with Crippen LogP contribution in [0, 0.1) is 5.92 Å². The summed E-state index contributed by atoms with van der Waals surface area (Å²) in [6, 6.07) is 3.90. The molecule has 1 heterocycles. The highest BCUT2D eigenvalue weighted by molar-refractivity contribution is 5.11. The largest absolute Gasteiger partial charge is 0.476 e. The predicted octanol–water partition coefficient (Wildman–Crippen LogP) is 2.93. The van der Waals surface area contributed by atoms with Gasteiger partial charge in [0.15, 0.2) is 0 Å². The van der Waals surface area contributed by atoms with Crippen LogP contribution >= 0.6 is 0 Å². The number of hydrogen-bond donors (Lipinski definition) is 1. The molecule has 4 heteroatoms. The van der Waals surface area contributed by atoms with Crippen LogP contribution in [0.4, 0.5) is 0 Å². The molecule has 1 aromatic heterocycles. The highest BCUT2D eigenvalue weighted by atomic mass is 16.5. The van der Waals surface area contributed by atoms with E-state index in [1.165, 1.54) is 25.7 Å². The lowest BCUT2D eigenvalue weighted by Crippen LogP contribution is -2.35. The van der Waals surface area contributed by atoms with Crippen molar-refractivity contribution in [3.63, 3.8) is 0 Å². The molecule has 0 unspecified atom stereocenters. The molecule has 1 aromatic rings. The minimum absolute atomic E-state index is 0.0966. The number of ether oxygens (including phenoxy) is 1. The van der Waals surface area contributed by atoms with Crippen LogP contribution in [-0.2, 0) is 6.54 Å². The van der Waals surface area contributed by atoms with Crippen LogP contribution in [0.15, 0.2) is 12.1 Å². The molecule has 0 radical (unpaired) electrons. The summed E-state index contributed by atoms with van der Waals surface area (Å²) in [5.74, 6) is 1.36. The minimum atomic E-state index is 0.0966. The second-order valence-corrected chi connectivity index (χ2v) is 6.43. The van der Waals surface area contributed by atoms with Crippen LogP contribution in [0.25, 0.3) is 0 Å². The number of nitrogens with zero attached hydrogens (tertiary/aromatic N) is 2. The summed E-state index contributed by atoms with van der Waals surface area (Å²) in [5.41, 5.74) is 1.04. The van der Waals surface area contributed by atoms with E-state index in [0.29, 0.717) is 11.8 Å². The minimum Gasteiger partial charge on any atom is -0.476 e. The lowest BCUT2D eigenvalue weighted by molar-refractivity contribution is 0.241. The van der Waals surface area contributed by atoms with Crippen LogP contribution in [-0.4, -0.2) is 22.3 Å². The van der Waals surface area contributed by atoms with Crippen LogP contribution in [0.2, 0.25) is 0 Å². The zero-order chi connectivity index (χ0) is 13.7. The maximum Gasteiger partial charge on any atom is 0.233 e. The van der Waals surface area contributed by atoms with Gasteiger partial charge in [0.1, 0.15) is 0 Å². The fourth-order valence-corrected chi connectivity index (χ4v) is 2.25. The van der Waals surface area contributed by atoms with Gasteiger partial charge in [-0.3, -0.25) is 0 Å². The maximum atomic E-state index is 5.70. The van der Waals surface area contributed by atoms with Crippen molar-refractivity contribution in [3.05, 3.63) is 17.8 Å². The molecule has 1 aliphatic carbocycles. The summed E-state index contributed by atoms with van der Waals surface area (Å²) in [4.78, 5) is 0. The normalized spacial score (nSPS) is 16.8. The Morgan fingerprint density at radius 3 is 2.53 bits per heavy atom. The molecule has 0 saturated heterocycles. The van der Waals surface area contributed by atoms with Crippen molar-refractivity contribution in [3.8, 4) is 5.88 Å². The molecular formula is C15H25N3O. The molecule has 1 saturated carbocycles. The number of nitrogens with one attached hydrogen (secondary N) is 1. The van der Waals surface area contributed by atoms with E-state index < -0.39 is 0 Å². The van der Waals surface area contributed by atoms with Gasteiger partial charge in [-0.25, -0.2) is 0 Å². The first-order valence-corrected chi connectivity index (χ1v) is 7.23. The van der Waals surface area contributed by atoms with Crippen molar-refractivity contribution >= 4 is 0 Å². The molecule has 0 aromatic carbocycles. The molecule has 1 N–H and O–H groups in total. The summed E-state index contributed by atoms with van der Waals surface area (Å²) in [5, 5.41) is 11.7. The van der Waals surface area contributed by atoms with E-state index >= 15 is 0 Å². The fourth-order valence-electron chi connectivity index (χ4n) is 2.25. The van der Waals surface area contributed by atoms with E-state index in [-0.39, 0.29) is 5.54 Å². The Morgan fingerprint density at radius 2 is 1.95 bits per heavy atom. The Balaban J connectivity index is 1.77. The zero-order valence-electron chi connectivity index (χ0n) is 12.3. The maximum absolute atomic E-state index is 5.70. The second-order valence-electron chi connectivity index (χ2n) is 6.43. The first-order valence-electron chi connectivity index (χ1n) is 7.23. The Labute approximate surface area is 116 Å². The highest BCUT2D eigenvalue weighted by Gasteiger charge is 2.15. The molecule has 1 fully saturated rings. The van der Waals surface area contributed by atoms with E-state index in [4.69, 9.17) is 4.74 Å². The molecule has 0 aliphatic heterocycles. The molecule has 19 heavy (non-hydrogen) atoms. The van der Waals surface area contributed by atoms with Crippen molar-refractivity contribution in [2.75, 3.05) is 6.61 Å². The third kappa shape index (κ3) is 5.15. The summed E-state index contributed by atoms with van der Waals surface area (Å²) < 4.78 is 5.70. The van der Waals surface area contributed by atoms with Crippen LogP contribution in [0.3, 0.4) is 0 Å². The van der Waals surface area contributed by atoms with Crippen molar-refractivity contribution < 1.29 is 4.74 Å². The Morgan fingerprint density at radius 1 is 1.21 bits per heavy atom. The molecule has 1 aliphatic rings. The third-order valence-corrected chi connectivity index (χ3v) is 3.44. The highest BCUT2D eigenvalue weighted by Crippen LogP contribution is 2.25. The standard InChI is InChI=1S/C15H25N3O/c1-15(2,3)16-10-13-8-9-14(18-17-13)19-11-12-6-4-5-7-12/h8-9,12,16H,4-7,10-11H2,1-3H3. The first kappa shape index (κ1) is 14.3. The van der Waals surface area contributed by atoms with Gasteiger partial charge in [0.05, 0.1) is 12.3 Å². The molecule has 0 bridgehead atoms. The van der Waals surface area contributed by atoms with Gasteiger partial charge in [-0.05, 0) is 45.6 Å². The lowest BCUT2D eigenvalue weighted by atomic mass is 10.1. The topological polar surface area (TPSA) is 47.0 Å². The third-order valence-electron chi connectivity index (χ3n) is 3.44. The van der Waals surface area contributed by atoms with Crippen LogP contribution in [0.5, 0.6) is 5.88 Å². The van der Waals surface area contributed by atoms with Gasteiger partial charge in [-0.1, -0.05) is 12.8 Å². The van der Waals surface area contributed by atoms with Gasteiger partial charge < -0.3 is 10.1 Å². The van der Waals surface area contributed by atoms with Gasteiger partial charge in [0.2, 0.25) is 5.88 Å². The van der Waals surface area contributed by atoms with Crippen LogP contribution < -0.4 is 10.1 Å². The zero-order valence-corrected chi connectivity index (χ0v) is 12.3. The quantitative estimate of drug-likeness (QED) is 0.887. The van der Waals surface area contributed by atoms with Crippen molar-refractivity contribution in [1.29, 1.82) is 0 Å². The SMILES string of the molecule is CC(C)(C)NCc1ccc(OCC2CCCC2)nn1. The summed E-state index contributed by atoms with van der Waals surface area (Å²) >= 11 is 0. The van der Waals surface area contributed by atoms with E-state index in [2.05, 4.69) is 36.3 Å². The number of aromatic nitrogens is 2. The molecule has 0 atom stereocenters. The monoisotopic (exact) mass is 263 g/mol. The Kier molecular flexibility index (Phi) is 4.75. The second kappa shape index (κ2) is 6.33. The molecular weight excluding hydrogens is 238 g/mol. The average Bonchev–Trinajstić information content (AvgIpc) is 2.87. The molecule has 0 amide bonds. The lowest BCUT2D eigenvalue weighted by Gasteiger charge is -2.19. The van der Waals surface area contributed by atoms with E-state index in [0.717, 1.165) is 18.8 Å². The van der Waals surface area contributed by atoms with Crippen molar-refractivity contribution in [1.82, 2.24) is 15.5 Å². The summed E-state index contributed by atoms with van der Waals surface area (Å²) in [6.45, 7) is 7.94. The smallest absolute Gasteiger partial charge is 0.233 e. The number of hydrogen-bond acceptors (Lipinski definition) is 4. The van der Waals surface area contributed by atoms with Crippen LogP contribution in [0.1, 0.15) is 52.1 Å². The average molecular weight is 263 g/mol. The van der Waals surface area contributed by atoms with Gasteiger partial charge in [0, 0.05) is 18.2 Å². The van der Waals surface area contributed by atoms with Gasteiger partial charge in [0.25, 0.3) is 0 Å². The van der Waals surface area contributed by atoms with Crippen molar-refractivity contribution in [2.45, 2.75) is 58.5 Å². The van der Waals surface area contributed by atoms with E-state index in [9.17, 15) is 0 Å². The van der Waals surface area contributed by atoms with Gasteiger partial charge in [-0.15, -0.1) is 5.10 Å². The summed E-state index contributed by atoms with van der Waals surface area (Å²) in [6.07, 6.45) is 5.27. The summed E-state index contributed by atoms with van der Waals surface area (Å²) in [7, 11) is 0. The molecule has 0 spiro atoms. The molecule has 2 rings (SSSR count). The number of rotatable bonds is 5. The Bertz CT molecular complexity index is 377. The molecule has 4 nitrogen and oxygen atoms in total. The van der Waals surface area contributed by atoms with Gasteiger partial charge in [-0.2, -0.15) is 5.10 Å². The van der Waals surface area contributed by atoms with Gasteiger partial charge >= 0.3 is 0 Å². The Hall–Kier alpha value is -1.16. The molecule has 106 valence electrons.